The quantitative estimate of drug-likeness (QED) is 0.831. The Kier molecular flexibility index (Phi) is 4.36. The Morgan fingerprint density at radius 1 is 1.67 bits per heavy atom. The van der Waals surface area contributed by atoms with Gasteiger partial charge in [0, 0.05) is 13.2 Å². The highest BCUT2D eigenvalue weighted by atomic mass is 79.9. The molecule has 18 heavy (non-hydrogen) atoms. The van der Waals surface area contributed by atoms with E-state index in [1.54, 1.807) is 13.3 Å². The van der Waals surface area contributed by atoms with Crippen molar-refractivity contribution in [1.82, 2.24) is 9.78 Å². The first-order valence-corrected chi connectivity index (χ1v) is 6.60. The van der Waals surface area contributed by atoms with Crippen molar-refractivity contribution in [3.8, 4) is 0 Å². The summed E-state index contributed by atoms with van der Waals surface area (Å²) in [5, 5.41) is 16.5. The van der Waals surface area contributed by atoms with Gasteiger partial charge < -0.3 is 15.2 Å². The van der Waals surface area contributed by atoms with Crippen molar-refractivity contribution >= 4 is 21.6 Å². The van der Waals surface area contributed by atoms with Gasteiger partial charge in [0.15, 0.2) is 0 Å². The lowest BCUT2D eigenvalue weighted by atomic mass is 9.89. The summed E-state index contributed by atoms with van der Waals surface area (Å²) in [5.41, 5.74) is 0.488. The minimum Gasteiger partial charge on any atom is -0.393 e. The minimum absolute atomic E-state index is 0.183. The molecular formula is C11H16BrN3O3. The summed E-state index contributed by atoms with van der Waals surface area (Å²) in [5.74, 6) is 0. The fraction of sp³-hybridized carbons (Fsp3) is 0.636. The van der Waals surface area contributed by atoms with Crippen LogP contribution in [0.1, 0.15) is 12.8 Å². The summed E-state index contributed by atoms with van der Waals surface area (Å²) in [6.07, 6.45) is 2.81. The second kappa shape index (κ2) is 5.81. The summed E-state index contributed by atoms with van der Waals surface area (Å²) in [4.78, 5) is 12.0. The van der Waals surface area contributed by atoms with Gasteiger partial charge in [0.2, 0.25) is 0 Å². The molecule has 1 aliphatic carbocycles. The number of aromatic nitrogens is 2. The number of nitrogens with zero attached hydrogens (tertiary/aromatic N) is 2. The van der Waals surface area contributed by atoms with Crippen molar-refractivity contribution in [2.45, 2.75) is 31.5 Å². The summed E-state index contributed by atoms with van der Waals surface area (Å²) >= 11 is 3.28. The number of halogens is 1. The van der Waals surface area contributed by atoms with Gasteiger partial charge in [-0.15, -0.1) is 0 Å². The van der Waals surface area contributed by atoms with E-state index in [0.717, 1.165) is 0 Å². The van der Waals surface area contributed by atoms with E-state index in [-0.39, 0.29) is 17.7 Å². The average Bonchev–Trinajstić information content (AvgIpc) is 2.32. The molecule has 1 saturated carbocycles. The number of aliphatic hydroxyl groups excluding tert-OH is 1. The molecule has 0 bridgehead atoms. The highest BCUT2D eigenvalue weighted by molar-refractivity contribution is 9.10. The molecule has 6 nitrogen and oxygen atoms in total. The van der Waals surface area contributed by atoms with Crippen molar-refractivity contribution in [1.29, 1.82) is 0 Å². The standard InChI is InChI=1S/C11H16BrN3O3/c1-18-3-2-15-11(17)10(12)9(6-13-15)14-7-4-8(16)5-7/h6-8,14,16H,2-5H2,1H3. The van der Waals surface area contributed by atoms with Crippen molar-refractivity contribution < 1.29 is 9.84 Å². The van der Waals surface area contributed by atoms with E-state index in [1.807, 2.05) is 0 Å². The molecule has 0 unspecified atom stereocenters. The monoisotopic (exact) mass is 317 g/mol. The molecule has 0 aromatic carbocycles. The molecule has 0 saturated heterocycles. The molecule has 0 spiro atoms. The molecule has 1 aromatic rings. The summed E-state index contributed by atoms with van der Waals surface area (Å²) in [6, 6.07) is 0.215. The van der Waals surface area contributed by atoms with Gasteiger partial charge in [-0.3, -0.25) is 4.79 Å². The third-order valence-corrected chi connectivity index (χ3v) is 3.73. The number of nitrogens with one attached hydrogen (secondary N) is 1. The van der Waals surface area contributed by atoms with Crippen LogP contribution in [0.25, 0.3) is 0 Å². The number of ether oxygens (including phenoxy) is 1. The number of methoxy groups -OCH3 is 1. The largest absolute Gasteiger partial charge is 0.393 e. The predicted octanol–water partition coefficient (Wildman–Crippen LogP) is 0.587. The normalized spacial score (nSPS) is 22.6. The zero-order chi connectivity index (χ0) is 13.1. The molecule has 2 N–H and O–H groups in total. The maximum absolute atomic E-state index is 12.0. The van der Waals surface area contributed by atoms with Crippen LogP contribution in [-0.4, -0.2) is 40.7 Å². The Morgan fingerprint density at radius 2 is 2.39 bits per heavy atom. The molecule has 1 aromatic heterocycles. The fourth-order valence-corrected chi connectivity index (χ4v) is 2.25. The van der Waals surface area contributed by atoms with Gasteiger partial charge in [0.25, 0.3) is 5.56 Å². The van der Waals surface area contributed by atoms with Gasteiger partial charge in [-0.1, -0.05) is 0 Å². The predicted molar refractivity (Wildman–Crippen MR) is 70.7 cm³/mol. The number of hydrogen-bond donors (Lipinski definition) is 2. The second-order valence-electron chi connectivity index (χ2n) is 4.36. The van der Waals surface area contributed by atoms with Crippen molar-refractivity contribution in [2.24, 2.45) is 0 Å². The van der Waals surface area contributed by atoms with Crippen LogP contribution in [0.2, 0.25) is 0 Å². The van der Waals surface area contributed by atoms with E-state index in [2.05, 4.69) is 26.3 Å². The first-order chi connectivity index (χ1) is 8.61. The van der Waals surface area contributed by atoms with Crippen LogP contribution in [0, 0.1) is 0 Å². The summed E-state index contributed by atoms with van der Waals surface area (Å²) < 4.78 is 6.74. The molecule has 2 rings (SSSR count). The lowest BCUT2D eigenvalue weighted by Gasteiger charge is -2.32. The van der Waals surface area contributed by atoms with Crippen LogP contribution in [-0.2, 0) is 11.3 Å². The second-order valence-corrected chi connectivity index (χ2v) is 5.15. The molecule has 100 valence electrons. The maximum Gasteiger partial charge on any atom is 0.283 e. The lowest BCUT2D eigenvalue weighted by molar-refractivity contribution is 0.0836. The summed E-state index contributed by atoms with van der Waals surface area (Å²) in [6.45, 7) is 0.872. The van der Waals surface area contributed by atoms with E-state index in [1.165, 1.54) is 4.68 Å². The zero-order valence-electron chi connectivity index (χ0n) is 10.1. The molecule has 0 radical (unpaired) electrons. The van der Waals surface area contributed by atoms with Gasteiger partial charge in [0.1, 0.15) is 4.47 Å². The van der Waals surface area contributed by atoms with Crippen LogP contribution >= 0.6 is 15.9 Å². The topological polar surface area (TPSA) is 76.4 Å². The van der Waals surface area contributed by atoms with Crippen molar-refractivity contribution in [2.75, 3.05) is 19.0 Å². The molecular weight excluding hydrogens is 302 g/mol. The van der Waals surface area contributed by atoms with Gasteiger partial charge >= 0.3 is 0 Å². The number of rotatable bonds is 5. The molecule has 7 heteroatoms. The van der Waals surface area contributed by atoms with Gasteiger partial charge in [-0.2, -0.15) is 5.10 Å². The first kappa shape index (κ1) is 13.5. The van der Waals surface area contributed by atoms with Gasteiger partial charge in [-0.05, 0) is 28.8 Å². The summed E-state index contributed by atoms with van der Waals surface area (Å²) in [7, 11) is 1.58. The SMILES string of the molecule is COCCn1ncc(NC2CC(O)C2)c(Br)c1=O. The van der Waals surface area contributed by atoms with E-state index in [4.69, 9.17) is 4.74 Å². The van der Waals surface area contributed by atoms with E-state index >= 15 is 0 Å². The van der Waals surface area contributed by atoms with Crippen LogP contribution < -0.4 is 10.9 Å². The molecule has 0 aliphatic heterocycles. The van der Waals surface area contributed by atoms with Crippen molar-refractivity contribution in [3.63, 3.8) is 0 Å². The smallest absolute Gasteiger partial charge is 0.283 e. The van der Waals surface area contributed by atoms with Gasteiger partial charge in [-0.25, -0.2) is 4.68 Å². The van der Waals surface area contributed by atoms with E-state index < -0.39 is 0 Å². The number of anilines is 1. The van der Waals surface area contributed by atoms with Crippen LogP contribution in [0.5, 0.6) is 0 Å². The number of aliphatic hydroxyl groups is 1. The van der Waals surface area contributed by atoms with E-state index in [9.17, 15) is 9.90 Å². The Balaban J connectivity index is 2.08. The van der Waals surface area contributed by atoms with Crippen molar-refractivity contribution in [3.05, 3.63) is 21.0 Å². The molecule has 0 atom stereocenters. The Labute approximate surface area is 113 Å². The molecule has 1 heterocycles. The lowest BCUT2D eigenvalue weighted by Crippen LogP contribution is -2.39. The Bertz CT molecular complexity index is 471. The average molecular weight is 318 g/mol. The third kappa shape index (κ3) is 2.90. The third-order valence-electron chi connectivity index (χ3n) is 2.96. The molecule has 1 aliphatic rings. The minimum atomic E-state index is -0.226. The van der Waals surface area contributed by atoms with E-state index in [0.29, 0.717) is 36.2 Å². The molecule has 0 amide bonds. The van der Waals surface area contributed by atoms with Crippen LogP contribution in [0.3, 0.4) is 0 Å². The highest BCUT2D eigenvalue weighted by Crippen LogP contribution is 2.26. The highest BCUT2D eigenvalue weighted by Gasteiger charge is 2.27. The Hall–Kier alpha value is -0.920. The molecule has 1 fully saturated rings. The number of hydrogen-bond acceptors (Lipinski definition) is 5. The fourth-order valence-electron chi connectivity index (χ4n) is 1.83. The first-order valence-electron chi connectivity index (χ1n) is 5.81. The Morgan fingerprint density at radius 3 is 3.00 bits per heavy atom. The van der Waals surface area contributed by atoms with Gasteiger partial charge in [0.05, 0.1) is 31.1 Å². The zero-order valence-corrected chi connectivity index (χ0v) is 11.7. The maximum atomic E-state index is 12.0. The van der Waals surface area contributed by atoms with Crippen LogP contribution in [0.15, 0.2) is 15.5 Å². The van der Waals surface area contributed by atoms with Crippen LogP contribution in [0.4, 0.5) is 5.69 Å².